The molecule has 0 saturated carbocycles. The predicted molar refractivity (Wildman–Crippen MR) is 109 cm³/mol. The maximum Gasteiger partial charge on any atom is 0.289 e. The average molecular weight is 374 g/mol. The van der Waals surface area contributed by atoms with Crippen molar-refractivity contribution in [2.75, 3.05) is 6.54 Å². The highest BCUT2D eigenvalue weighted by Gasteiger charge is 2.31. The Morgan fingerprint density at radius 2 is 2.00 bits per heavy atom. The Kier molecular flexibility index (Phi) is 6.90. The molecular formula is C22H35N3O2. The number of ether oxygens (including phenoxy) is 1. The van der Waals surface area contributed by atoms with Crippen LogP contribution in [0.5, 0.6) is 0 Å². The lowest BCUT2D eigenvalue weighted by Crippen LogP contribution is -2.38. The number of amides is 1. The molecule has 1 aliphatic heterocycles. The summed E-state index contributed by atoms with van der Waals surface area (Å²) in [5, 5.41) is 0. The maximum absolute atomic E-state index is 13.3. The van der Waals surface area contributed by atoms with E-state index in [1.165, 1.54) is 5.57 Å². The van der Waals surface area contributed by atoms with Crippen LogP contribution in [0, 0.1) is 5.41 Å². The number of carbonyl (C=O) groups excluding carboxylic acids is 1. The molecule has 1 amide bonds. The van der Waals surface area contributed by atoms with Crippen LogP contribution < -0.4 is 0 Å². The van der Waals surface area contributed by atoms with Crippen molar-refractivity contribution in [1.82, 2.24) is 14.9 Å². The quantitative estimate of drug-likeness (QED) is 0.533. The summed E-state index contributed by atoms with van der Waals surface area (Å²) in [5.74, 6) is 1.37. The second-order valence-corrected chi connectivity index (χ2v) is 8.33. The summed E-state index contributed by atoms with van der Waals surface area (Å²) in [6, 6.07) is 0. The Balaban J connectivity index is 2.29. The summed E-state index contributed by atoms with van der Waals surface area (Å²) in [5.41, 5.74) is 4.09. The molecule has 0 unspecified atom stereocenters. The fourth-order valence-electron chi connectivity index (χ4n) is 3.69. The van der Waals surface area contributed by atoms with E-state index in [0.717, 1.165) is 48.4 Å². The van der Waals surface area contributed by atoms with Crippen molar-refractivity contribution in [2.24, 2.45) is 5.41 Å². The number of H-pyrrole nitrogens is 1. The molecule has 0 atom stereocenters. The molecule has 5 heteroatoms. The SMILES string of the molecule is CCCC(C)(C)/C(OC(C(=O)N1CCc2nc[nH]c2C1)=C(C)C)=C(\C)CC. The van der Waals surface area contributed by atoms with Crippen LogP contribution in [0.3, 0.4) is 0 Å². The molecule has 0 radical (unpaired) electrons. The van der Waals surface area contributed by atoms with Gasteiger partial charge in [-0.1, -0.05) is 34.1 Å². The smallest absolute Gasteiger partial charge is 0.289 e. The lowest BCUT2D eigenvalue weighted by molar-refractivity contribution is -0.131. The number of fused-ring (bicyclic) bond motifs is 1. The standard InChI is InChI=1S/C22H35N3O2/c1-8-11-22(6,7)20(16(5)9-2)27-19(15(3)4)21(26)25-12-10-17-18(13-25)24-14-23-17/h14H,8-13H2,1-7H3,(H,23,24)/b20-16-. The van der Waals surface area contributed by atoms with E-state index < -0.39 is 0 Å². The van der Waals surface area contributed by atoms with Crippen molar-refractivity contribution in [3.63, 3.8) is 0 Å². The van der Waals surface area contributed by atoms with Gasteiger partial charge in [-0.15, -0.1) is 0 Å². The van der Waals surface area contributed by atoms with Gasteiger partial charge >= 0.3 is 0 Å². The van der Waals surface area contributed by atoms with Gasteiger partial charge in [-0.05, 0) is 44.8 Å². The van der Waals surface area contributed by atoms with Gasteiger partial charge in [-0.3, -0.25) is 4.79 Å². The van der Waals surface area contributed by atoms with Gasteiger partial charge in [0.2, 0.25) is 0 Å². The first kappa shape index (κ1) is 21.3. The number of nitrogens with one attached hydrogen (secondary N) is 1. The van der Waals surface area contributed by atoms with Crippen molar-refractivity contribution >= 4 is 5.91 Å². The minimum absolute atomic E-state index is 0.0380. The van der Waals surface area contributed by atoms with Gasteiger partial charge in [0.25, 0.3) is 5.91 Å². The van der Waals surface area contributed by atoms with Crippen LogP contribution in [0.2, 0.25) is 0 Å². The molecule has 2 heterocycles. The molecule has 150 valence electrons. The van der Waals surface area contributed by atoms with E-state index in [9.17, 15) is 4.79 Å². The third kappa shape index (κ3) is 4.82. The molecule has 1 N–H and O–H groups in total. The summed E-state index contributed by atoms with van der Waals surface area (Å²) in [4.78, 5) is 22.6. The van der Waals surface area contributed by atoms with Crippen molar-refractivity contribution in [3.8, 4) is 0 Å². The molecule has 0 bridgehead atoms. The van der Waals surface area contributed by atoms with Crippen LogP contribution in [-0.4, -0.2) is 27.3 Å². The van der Waals surface area contributed by atoms with Gasteiger partial charge in [-0.2, -0.15) is 0 Å². The topological polar surface area (TPSA) is 58.2 Å². The Morgan fingerprint density at radius 1 is 1.30 bits per heavy atom. The fourth-order valence-corrected chi connectivity index (χ4v) is 3.69. The summed E-state index contributed by atoms with van der Waals surface area (Å²) in [7, 11) is 0. The van der Waals surface area contributed by atoms with Gasteiger partial charge in [0.1, 0.15) is 5.76 Å². The molecule has 1 aromatic heterocycles. The molecule has 0 aliphatic carbocycles. The minimum atomic E-state index is -0.103. The largest absolute Gasteiger partial charge is 0.455 e. The second kappa shape index (κ2) is 8.77. The molecule has 1 aromatic rings. The first-order chi connectivity index (χ1) is 12.7. The lowest BCUT2D eigenvalue weighted by atomic mass is 9.83. The number of nitrogens with zero attached hydrogens (tertiary/aromatic N) is 2. The van der Waals surface area contributed by atoms with Crippen molar-refractivity contribution in [1.29, 1.82) is 0 Å². The summed E-state index contributed by atoms with van der Waals surface area (Å²) in [6.45, 7) is 16.0. The van der Waals surface area contributed by atoms with Crippen molar-refractivity contribution < 1.29 is 9.53 Å². The second-order valence-electron chi connectivity index (χ2n) is 8.33. The molecule has 5 nitrogen and oxygen atoms in total. The molecule has 0 fully saturated rings. The summed E-state index contributed by atoms with van der Waals surface area (Å²) in [6.07, 6.45) is 5.48. The third-order valence-electron chi connectivity index (χ3n) is 5.32. The Bertz CT molecular complexity index is 736. The van der Waals surface area contributed by atoms with E-state index in [2.05, 4.69) is 44.6 Å². The highest BCUT2D eigenvalue weighted by Crippen LogP contribution is 2.37. The number of aromatic amines is 1. The summed E-state index contributed by atoms with van der Waals surface area (Å²) >= 11 is 0. The van der Waals surface area contributed by atoms with Crippen molar-refractivity contribution in [3.05, 3.63) is 40.4 Å². The average Bonchev–Trinajstić information content (AvgIpc) is 3.08. The molecule has 0 aromatic carbocycles. The molecule has 1 aliphatic rings. The van der Waals surface area contributed by atoms with Crippen LogP contribution in [0.1, 0.15) is 79.1 Å². The zero-order valence-corrected chi connectivity index (χ0v) is 18.0. The fraction of sp³-hybridized carbons (Fsp3) is 0.636. The number of imidazole rings is 1. The Morgan fingerprint density at radius 3 is 2.59 bits per heavy atom. The predicted octanol–water partition coefficient (Wildman–Crippen LogP) is 5.12. The minimum Gasteiger partial charge on any atom is -0.455 e. The number of hydrogen-bond donors (Lipinski definition) is 1. The van der Waals surface area contributed by atoms with E-state index in [1.807, 2.05) is 18.7 Å². The molecule has 0 spiro atoms. The molecular weight excluding hydrogens is 338 g/mol. The number of aromatic nitrogens is 2. The lowest BCUT2D eigenvalue weighted by Gasteiger charge is -2.32. The first-order valence-corrected chi connectivity index (χ1v) is 10.1. The zero-order valence-electron chi connectivity index (χ0n) is 18.0. The van der Waals surface area contributed by atoms with Gasteiger partial charge in [0, 0.05) is 18.4 Å². The van der Waals surface area contributed by atoms with Crippen LogP contribution in [-0.2, 0) is 22.5 Å². The van der Waals surface area contributed by atoms with E-state index in [1.54, 1.807) is 6.33 Å². The van der Waals surface area contributed by atoms with Gasteiger partial charge in [0.05, 0.1) is 24.3 Å². The Labute approximate surface area is 163 Å². The molecule has 2 rings (SSSR count). The summed E-state index contributed by atoms with van der Waals surface area (Å²) < 4.78 is 6.41. The maximum atomic E-state index is 13.3. The van der Waals surface area contributed by atoms with Gasteiger partial charge in [0.15, 0.2) is 5.76 Å². The highest BCUT2D eigenvalue weighted by molar-refractivity contribution is 5.92. The van der Waals surface area contributed by atoms with Crippen LogP contribution in [0.15, 0.2) is 29.0 Å². The highest BCUT2D eigenvalue weighted by atomic mass is 16.5. The van der Waals surface area contributed by atoms with Gasteiger partial charge in [-0.25, -0.2) is 4.98 Å². The van der Waals surface area contributed by atoms with E-state index >= 15 is 0 Å². The van der Waals surface area contributed by atoms with Crippen LogP contribution in [0.25, 0.3) is 0 Å². The van der Waals surface area contributed by atoms with Crippen molar-refractivity contribution in [2.45, 2.75) is 80.7 Å². The number of allylic oxidation sites excluding steroid dienone is 3. The first-order valence-electron chi connectivity index (χ1n) is 10.1. The Hall–Kier alpha value is -2.04. The third-order valence-corrected chi connectivity index (χ3v) is 5.32. The van der Waals surface area contributed by atoms with Crippen LogP contribution in [0.4, 0.5) is 0 Å². The van der Waals surface area contributed by atoms with E-state index in [-0.39, 0.29) is 11.3 Å². The normalized spacial score (nSPS) is 15.1. The number of hydrogen-bond acceptors (Lipinski definition) is 3. The number of carbonyl (C=O) groups is 1. The molecule has 0 saturated heterocycles. The molecule has 27 heavy (non-hydrogen) atoms. The zero-order chi connectivity index (χ0) is 20.2. The number of rotatable bonds is 7. The van der Waals surface area contributed by atoms with Crippen LogP contribution >= 0.6 is 0 Å². The van der Waals surface area contributed by atoms with Gasteiger partial charge < -0.3 is 14.6 Å². The van der Waals surface area contributed by atoms with E-state index in [4.69, 9.17) is 4.74 Å². The monoisotopic (exact) mass is 373 g/mol. The van der Waals surface area contributed by atoms with E-state index in [0.29, 0.717) is 18.8 Å².